The van der Waals surface area contributed by atoms with Gasteiger partial charge in [0.05, 0.1) is 5.92 Å². The average Bonchev–Trinajstić information content (AvgIpc) is 2.39. The van der Waals surface area contributed by atoms with E-state index in [-0.39, 0.29) is 12.6 Å². The Morgan fingerprint density at radius 2 is 2.00 bits per heavy atom. The molecule has 1 fully saturated rings. The van der Waals surface area contributed by atoms with Gasteiger partial charge in [0.15, 0.2) is 0 Å². The summed E-state index contributed by atoms with van der Waals surface area (Å²) in [6.45, 7) is 7.07. The van der Waals surface area contributed by atoms with Crippen LogP contribution in [0.15, 0.2) is 0 Å². The fraction of sp³-hybridized carbons (Fsp3) is 0.867. The van der Waals surface area contributed by atoms with Gasteiger partial charge in [0.1, 0.15) is 0 Å². The van der Waals surface area contributed by atoms with Crippen molar-refractivity contribution in [1.29, 1.82) is 0 Å². The summed E-state index contributed by atoms with van der Waals surface area (Å²) in [5.74, 6) is 0.467. The Morgan fingerprint density at radius 3 is 2.60 bits per heavy atom. The molecule has 0 aliphatic heterocycles. The molecule has 1 rings (SSSR count). The van der Waals surface area contributed by atoms with Gasteiger partial charge in [-0.15, -0.1) is 0 Å². The van der Waals surface area contributed by atoms with Crippen molar-refractivity contribution in [2.45, 2.75) is 40.0 Å². The molecular formula is C15H28N2O3. The fourth-order valence-electron chi connectivity index (χ4n) is 2.91. The lowest BCUT2D eigenvalue weighted by Gasteiger charge is -2.34. The summed E-state index contributed by atoms with van der Waals surface area (Å²) in [4.78, 5) is 24.2. The maximum Gasteiger partial charge on any atom is 0.317 e. The molecule has 0 aromatic rings. The third-order valence-electron chi connectivity index (χ3n) is 4.71. The van der Waals surface area contributed by atoms with Crippen molar-refractivity contribution in [3.63, 3.8) is 0 Å². The first kappa shape index (κ1) is 16.8. The minimum Gasteiger partial charge on any atom is -0.481 e. The predicted octanol–water partition coefficient (Wildman–Crippen LogP) is 2.42. The topological polar surface area (TPSA) is 69.6 Å². The van der Waals surface area contributed by atoms with Crippen molar-refractivity contribution < 1.29 is 14.7 Å². The molecule has 0 spiro atoms. The van der Waals surface area contributed by atoms with Gasteiger partial charge in [0.25, 0.3) is 0 Å². The van der Waals surface area contributed by atoms with Crippen LogP contribution in [0, 0.1) is 23.7 Å². The van der Waals surface area contributed by atoms with Crippen molar-refractivity contribution in [3.05, 3.63) is 0 Å². The summed E-state index contributed by atoms with van der Waals surface area (Å²) in [6, 6.07) is -0.177. The van der Waals surface area contributed by atoms with Crippen LogP contribution in [0.5, 0.6) is 0 Å². The molecule has 20 heavy (non-hydrogen) atoms. The van der Waals surface area contributed by atoms with Gasteiger partial charge in [-0.05, 0) is 24.2 Å². The van der Waals surface area contributed by atoms with E-state index in [1.807, 2.05) is 0 Å². The maximum atomic E-state index is 12.0. The number of nitrogens with one attached hydrogen (secondary N) is 1. The molecule has 0 aromatic carbocycles. The Bertz CT molecular complexity index is 346. The lowest BCUT2D eigenvalue weighted by molar-refractivity contribution is -0.141. The zero-order valence-electron chi connectivity index (χ0n) is 13.1. The van der Waals surface area contributed by atoms with Crippen LogP contribution in [0.3, 0.4) is 0 Å². The monoisotopic (exact) mass is 284 g/mol. The van der Waals surface area contributed by atoms with E-state index in [0.717, 1.165) is 5.92 Å². The number of carboxylic acids is 1. The van der Waals surface area contributed by atoms with Crippen LogP contribution in [-0.4, -0.2) is 42.1 Å². The van der Waals surface area contributed by atoms with E-state index < -0.39 is 11.9 Å². The molecule has 0 saturated heterocycles. The molecular weight excluding hydrogens is 256 g/mol. The third-order valence-corrected chi connectivity index (χ3v) is 4.71. The van der Waals surface area contributed by atoms with Crippen LogP contribution in [0.4, 0.5) is 4.79 Å². The van der Waals surface area contributed by atoms with E-state index in [9.17, 15) is 9.59 Å². The highest BCUT2D eigenvalue weighted by molar-refractivity contribution is 5.75. The normalized spacial score (nSPS) is 27.7. The minimum absolute atomic E-state index is 0.177. The number of carboxylic acid groups (broad SMARTS) is 1. The first-order chi connectivity index (χ1) is 9.32. The van der Waals surface area contributed by atoms with E-state index in [2.05, 4.69) is 19.2 Å². The lowest BCUT2D eigenvalue weighted by Crippen LogP contribution is -2.44. The quantitative estimate of drug-likeness (QED) is 0.814. The average molecular weight is 284 g/mol. The SMILES string of the molecule is CC(CN(C)C(=O)NCC1CCCC(C)C1C)C(=O)O. The van der Waals surface area contributed by atoms with Crippen molar-refractivity contribution >= 4 is 12.0 Å². The minimum atomic E-state index is -0.876. The molecule has 1 aliphatic rings. The van der Waals surface area contributed by atoms with Gasteiger partial charge in [-0.25, -0.2) is 4.79 Å². The van der Waals surface area contributed by atoms with Crippen LogP contribution in [0.2, 0.25) is 0 Å². The molecule has 5 nitrogen and oxygen atoms in total. The molecule has 5 heteroatoms. The zero-order valence-corrected chi connectivity index (χ0v) is 13.1. The van der Waals surface area contributed by atoms with Gasteiger partial charge in [-0.1, -0.05) is 33.6 Å². The zero-order chi connectivity index (χ0) is 15.3. The van der Waals surface area contributed by atoms with E-state index in [1.54, 1.807) is 14.0 Å². The van der Waals surface area contributed by atoms with Crippen LogP contribution >= 0.6 is 0 Å². The second kappa shape index (κ2) is 7.50. The number of nitrogens with zero attached hydrogens (tertiary/aromatic N) is 1. The number of amides is 2. The first-order valence-electron chi connectivity index (χ1n) is 7.54. The number of aliphatic carboxylic acids is 1. The smallest absolute Gasteiger partial charge is 0.317 e. The van der Waals surface area contributed by atoms with Gasteiger partial charge in [-0.3, -0.25) is 4.79 Å². The van der Waals surface area contributed by atoms with Gasteiger partial charge < -0.3 is 15.3 Å². The molecule has 4 atom stereocenters. The highest BCUT2D eigenvalue weighted by Crippen LogP contribution is 2.33. The molecule has 0 heterocycles. The first-order valence-corrected chi connectivity index (χ1v) is 7.54. The summed E-state index contributed by atoms with van der Waals surface area (Å²) in [7, 11) is 1.64. The number of rotatable bonds is 5. The van der Waals surface area contributed by atoms with E-state index >= 15 is 0 Å². The summed E-state index contributed by atoms with van der Waals surface area (Å²) < 4.78 is 0. The summed E-state index contributed by atoms with van der Waals surface area (Å²) in [6.07, 6.45) is 3.68. The number of carbonyl (C=O) groups is 2. The predicted molar refractivity (Wildman–Crippen MR) is 78.5 cm³/mol. The third kappa shape index (κ3) is 4.69. The molecule has 1 aliphatic carbocycles. The second-order valence-electron chi connectivity index (χ2n) is 6.33. The Labute approximate surface area is 121 Å². The van der Waals surface area contributed by atoms with Crippen LogP contribution in [0.25, 0.3) is 0 Å². The molecule has 0 bridgehead atoms. The second-order valence-corrected chi connectivity index (χ2v) is 6.33. The van der Waals surface area contributed by atoms with Crippen LogP contribution < -0.4 is 5.32 Å². The summed E-state index contributed by atoms with van der Waals surface area (Å²) >= 11 is 0. The van der Waals surface area contributed by atoms with Gasteiger partial charge in [-0.2, -0.15) is 0 Å². The maximum absolute atomic E-state index is 12.0. The molecule has 1 saturated carbocycles. The number of hydrogen-bond donors (Lipinski definition) is 2. The Hall–Kier alpha value is -1.26. The van der Waals surface area contributed by atoms with Crippen molar-refractivity contribution in [2.75, 3.05) is 20.1 Å². The van der Waals surface area contributed by atoms with Crippen molar-refractivity contribution in [3.8, 4) is 0 Å². The molecule has 4 unspecified atom stereocenters. The molecule has 2 N–H and O–H groups in total. The Kier molecular flexibility index (Phi) is 6.30. The fourth-order valence-corrected chi connectivity index (χ4v) is 2.91. The molecule has 2 amide bonds. The van der Waals surface area contributed by atoms with Crippen LogP contribution in [0.1, 0.15) is 40.0 Å². The van der Waals surface area contributed by atoms with Gasteiger partial charge >= 0.3 is 12.0 Å². The van der Waals surface area contributed by atoms with Crippen LogP contribution in [-0.2, 0) is 4.79 Å². The number of hydrogen-bond acceptors (Lipinski definition) is 2. The highest BCUT2D eigenvalue weighted by Gasteiger charge is 2.27. The summed E-state index contributed by atoms with van der Waals surface area (Å²) in [5, 5.41) is 11.8. The van der Waals surface area contributed by atoms with Gasteiger partial charge in [0, 0.05) is 20.1 Å². The van der Waals surface area contributed by atoms with E-state index in [1.165, 1.54) is 24.2 Å². The van der Waals surface area contributed by atoms with Gasteiger partial charge in [0.2, 0.25) is 0 Å². The van der Waals surface area contributed by atoms with Crippen molar-refractivity contribution in [2.24, 2.45) is 23.7 Å². The molecule has 0 aromatic heterocycles. The molecule has 0 radical (unpaired) electrons. The number of urea groups is 1. The van der Waals surface area contributed by atoms with E-state index in [4.69, 9.17) is 5.11 Å². The van der Waals surface area contributed by atoms with E-state index in [0.29, 0.717) is 18.4 Å². The number of carbonyl (C=O) groups excluding carboxylic acids is 1. The van der Waals surface area contributed by atoms with Crippen molar-refractivity contribution in [1.82, 2.24) is 10.2 Å². The summed E-state index contributed by atoms with van der Waals surface area (Å²) in [5.41, 5.74) is 0. The standard InChI is InChI=1S/C15H28N2O3/c1-10-6-5-7-13(12(10)3)8-16-15(20)17(4)9-11(2)14(18)19/h10-13H,5-9H2,1-4H3,(H,16,20)(H,18,19). The Morgan fingerprint density at radius 1 is 1.35 bits per heavy atom. The largest absolute Gasteiger partial charge is 0.481 e. The molecule has 116 valence electrons. The lowest BCUT2D eigenvalue weighted by atomic mass is 9.74. The highest BCUT2D eigenvalue weighted by atomic mass is 16.4. The Balaban J connectivity index is 2.37.